The van der Waals surface area contributed by atoms with Crippen LogP contribution in [0.5, 0.6) is 11.5 Å². The number of carbonyl (C=O) groups is 1. The van der Waals surface area contributed by atoms with Crippen molar-refractivity contribution in [2.45, 2.75) is 6.92 Å². The van der Waals surface area contributed by atoms with Crippen molar-refractivity contribution in [3.05, 3.63) is 38.8 Å². The van der Waals surface area contributed by atoms with Crippen molar-refractivity contribution in [3.8, 4) is 11.5 Å². The molecule has 4 nitrogen and oxygen atoms in total. The number of aliphatic carboxylic acids is 1. The van der Waals surface area contributed by atoms with Gasteiger partial charge in [0.05, 0.1) is 16.1 Å². The Labute approximate surface area is 141 Å². The lowest BCUT2D eigenvalue weighted by atomic mass is 10.2. The molecule has 1 rings (SSSR count). The van der Waals surface area contributed by atoms with Crippen LogP contribution in [0.2, 0.25) is 0 Å². The average molecular weight is 396 g/mol. The second-order valence-electron chi connectivity index (χ2n) is 3.78. The van der Waals surface area contributed by atoms with E-state index >= 15 is 0 Å². The van der Waals surface area contributed by atoms with E-state index in [1.165, 1.54) is 11.6 Å². The summed E-state index contributed by atoms with van der Waals surface area (Å²) in [6.45, 7) is 2.38. The lowest BCUT2D eigenvalue weighted by Crippen LogP contribution is -2.02. The number of halogens is 3. The molecule has 0 radical (unpaired) electrons. The zero-order valence-electron chi connectivity index (χ0n) is 11.1. The van der Waals surface area contributed by atoms with Crippen molar-refractivity contribution in [3.63, 3.8) is 0 Å². The summed E-state index contributed by atoms with van der Waals surface area (Å²) in [6, 6.07) is 3.40. The van der Waals surface area contributed by atoms with Gasteiger partial charge in [-0.1, -0.05) is 23.2 Å². The molecule has 0 aromatic heterocycles. The Morgan fingerprint density at radius 3 is 2.71 bits per heavy atom. The number of carboxylic acid groups (broad SMARTS) is 1. The first-order valence-electron chi connectivity index (χ1n) is 5.92. The summed E-state index contributed by atoms with van der Waals surface area (Å²) in [6.07, 6.45) is 2.51. The Kier molecular flexibility index (Phi) is 7.64. The van der Waals surface area contributed by atoms with Crippen molar-refractivity contribution < 1.29 is 19.4 Å². The van der Waals surface area contributed by atoms with Gasteiger partial charge in [0, 0.05) is 11.6 Å². The first-order valence-corrected chi connectivity index (χ1v) is 7.53. The zero-order valence-corrected chi connectivity index (χ0v) is 14.2. The molecule has 0 fully saturated rings. The van der Waals surface area contributed by atoms with E-state index in [1.54, 1.807) is 12.1 Å². The molecule has 0 saturated carbocycles. The monoisotopic (exact) mass is 394 g/mol. The molecule has 1 aromatic carbocycles. The van der Waals surface area contributed by atoms with Crippen LogP contribution < -0.4 is 9.47 Å². The molecule has 0 aliphatic carbocycles. The van der Waals surface area contributed by atoms with Gasteiger partial charge in [-0.15, -0.1) is 0 Å². The highest BCUT2D eigenvalue weighted by Crippen LogP contribution is 2.37. The fraction of sp³-hybridized carbons (Fsp3) is 0.214. The van der Waals surface area contributed by atoms with Gasteiger partial charge < -0.3 is 14.6 Å². The first-order chi connectivity index (χ1) is 9.97. The van der Waals surface area contributed by atoms with Crippen LogP contribution in [-0.2, 0) is 4.79 Å². The van der Waals surface area contributed by atoms with Gasteiger partial charge in [-0.3, -0.25) is 0 Å². The second kappa shape index (κ2) is 8.97. The summed E-state index contributed by atoms with van der Waals surface area (Å²) in [5.74, 6) is -0.0691. The maximum Gasteiger partial charge on any atom is 0.328 e. The van der Waals surface area contributed by atoms with Crippen LogP contribution in [0.3, 0.4) is 0 Å². The van der Waals surface area contributed by atoms with Crippen LogP contribution in [0.1, 0.15) is 12.5 Å². The van der Waals surface area contributed by atoms with Gasteiger partial charge in [0.2, 0.25) is 0 Å². The lowest BCUT2D eigenvalue weighted by molar-refractivity contribution is -0.131. The van der Waals surface area contributed by atoms with Gasteiger partial charge in [0.1, 0.15) is 6.61 Å². The van der Waals surface area contributed by atoms with Gasteiger partial charge in [-0.2, -0.15) is 0 Å². The topological polar surface area (TPSA) is 55.8 Å². The molecule has 0 heterocycles. The van der Waals surface area contributed by atoms with Crippen molar-refractivity contribution in [1.82, 2.24) is 0 Å². The fourth-order valence-corrected chi connectivity index (χ4v) is 2.12. The third-order valence-electron chi connectivity index (χ3n) is 2.22. The summed E-state index contributed by atoms with van der Waals surface area (Å²) < 4.78 is 11.7. The SMILES string of the molecule is CCOc1cc(C=CC(=O)O)cc(Br)c1OCC(Cl)=CCl. The molecule has 0 saturated heterocycles. The Morgan fingerprint density at radius 1 is 1.43 bits per heavy atom. The van der Waals surface area contributed by atoms with Crippen molar-refractivity contribution in [1.29, 1.82) is 0 Å². The second-order valence-corrected chi connectivity index (χ2v) is 5.34. The third-order valence-corrected chi connectivity index (χ3v) is 3.41. The van der Waals surface area contributed by atoms with Crippen molar-refractivity contribution in [2.24, 2.45) is 0 Å². The Morgan fingerprint density at radius 2 is 2.14 bits per heavy atom. The van der Waals surface area contributed by atoms with Crippen LogP contribution in [0.4, 0.5) is 0 Å². The molecule has 0 aliphatic rings. The van der Waals surface area contributed by atoms with Crippen LogP contribution in [0.25, 0.3) is 6.08 Å². The van der Waals surface area contributed by atoms with Crippen molar-refractivity contribution >= 4 is 51.2 Å². The summed E-state index contributed by atoms with van der Waals surface area (Å²) >= 11 is 14.6. The first kappa shape index (κ1) is 17.9. The number of rotatable bonds is 7. The molecule has 0 amide bonds. The van der Waals surface area contributed by atoms with Crippen LogP contribution >= 0.6 is 39.1 Å². The molecule has 7 heteroatoms. The predicted molar refractivity (Wildman–Crippen MR) is 87.3 cm³/mol. The summed E-state index contributed by atoms with van der Waals surface area (Å²) in [7, 11) is 0. The maximum atomic E-state index is 10.6. The molecule has 0 unspecified atom stereocenters. The number of carboxylic acids is 1. The van der Waals surface area contributed by atoms with Gasteiger partial charge in [-0.05, 0) is 46.6 Å². The molecule has 21 heavy (non-hydrogen) atoms. The van der Waals surface area contributed by atoms with E-state index in [0.29, 0.717) is 33.2 Å². The van der Waals surface area contributed by atoms with Gasteiger partial charge >= 0.3 is 5.97 Å². The number of hydrogen-bond donors (Lipinski definition) is 1. The molecular weight excluding hydrogens is 383 g/mol. The highest BCUT2D eigenvalue weighted by molar-refractivity contribution is 9.10. The van der Waals surface area contributed by atoms with Crippen molar-refractivity contribution in [2.75, 3.05) is 13.2 Å². The van der Waals surface area contributed by atoms with E-state index in [0.717, 1.165) is 6.08 Å². The Hall–Kier alpha value is -1.17. The minimum atomic E-state index is -1.02. The van der Waals surface area contributed by atoms with Crippen LogP contribution in [0.15, 0.2) is 33.2 Å². The molecule has 1 N–H and O–H groups in total. The fourth-order valence-electron chi connectivity index (χ4n) is 1.43. The van der Waals surface area contributed by atoms with E-state index in [1.807, 2.05) is 6.92 Å². The summed E-state index contributed by atoms with van der Waals surface area (Å²) in [5, 5.41) is 9.00. The van der Waals surface area contributed by atoms with E-state index in [9.17, 15) is 4.79 Å². The third kappa shape index (κ3) is 5.99. The normalized spacial score (nSPS) is 11.7. The number of hydrogen-bond acceptors (Lipinski definition) is 3. The minimum Gasteiger partial charge on any atom is -0.490 e. The Balaban J connectivity index is 3.09. The quantitative estimate of drug-likeness (QED) is 0.683. The maximum absolute atomic E-state index is 10.6. The van der Waals surface area contributed by atoms with Gasteiger partial charge in [0.25, 0.3) is 0 Å². The summed E-state index contributed by atoms with van der Waals surface area (Å²) in [5.41, 5.74) is 1.89. The minimum absolute atomic E-state index is 0.105. The molecule has 0 atom stereocenters. The lowest BCUT2D eigenvalue weighted by Gasteiger charge is -2.14. The van der Waals surface area contributed by atoms with Gasteiger partial charge in [0.15, 0.2) is 11.5 Å². The number of ether oxygens (including phenoxy) is 2. The van der Waals surface area contributed by atoms with Gasteiger partial charge in [-0.25, -0.2) is 4.79 Å². The van der Waals surface area contributed by atoms with Crippen LogP contribution in [0, 0.1) is 0 Å². The molecular formula is C14H13BrCl2O4. The Bertz CT molecular complexity index is 570. The van der Waals surface area contributed by atoms with E-state index in [-0.39, 0.29) is 6.61 Å². The van der Waals surface area contributed by atoms with E-state index < -0.39 is 5.97 Å². The molecule has 1 aromatic rings. The summed E-state index contributed by atoms with van der Waals surface area (Å²) in [4.78, 5) is 10.6. The highest BCUT2D eigenvalue weighted by atomic mass is 79.9. The standard InChI is InChI=1S/C14H13BrCl2O4/c1-2-20-12-6-9(3-4-13(18)19)5-11(15)14(12)21-8-10(17)7-16/h3-7H,2,8H2,1H3,(H,18,19). The highest BCUT2D eigenvalue weighted by Gasteiger charge is 2.12. The van der Waals surface area contributed by atoms with Crippen LogP contribution in [-0.4, -0.2) is 24.3 Å². The van der Waals surface area contributed by atoms with E-state index in [4.69, 9.17) is 37.8 Å². The molecule has 0 bridgehead atoms. The molecule has 0 spiro atoms. The smallest absolute Gasteiger partial charge is 0.328 e. The zero-order chi connectivity index (χ0) is 15.8. The predicted octanol–water partition coefficient (Wildman–Crippen LogP) is 4.64. The number of benzene rings is 1. The molecule has 0 aliphatic heterocycles. The molecule has 114 valence electrons. The average Bonchev–Trinajstić information content (AvgIpc) is 2.44. The largest absolute Gasteiger partial charge is 0.490 e. The van der Waals surface area contributed by atoms with E-state index in [2.05, 4.69) is 15.9 Å².